The minimum absolute atomic E-state index is 0.00981. The Morgan fingerprint density at radius 2 is 2.41 bits per heavy atom. The van der Waals surface area contributed by atoms with Gasteiger partial charge in [0.25, 0.3) is 0 Å². The summed E-state index contributed by atoms with van der Waals surface area (Å²) in [5, 5.41) is 4.14. The summed E-state index contributed by atoms with van der Waals surface area (Å²) >= 11 is 0. The van der Waals surface area contributed by atoms with Gasteiger partial charge in [-0.25, -0.2) is 0 Å². The van der Waals surface area contributed by atoms with Gasteiger partial charge in [0, 0.05) is 52.2 Å². The molecule has 2 fully saturated rings. The summed E-state index contributed by atoms with van der Waals surface area (Å²) in [5.74, 6) is 0.191. The summed E-state index contributed by atoms with van der Waals surface area (Å²) in [4.78, 5) is 14.4. The third-order valence-electron chi connectivity index (χ3n) is 5.07. The highest BCUT2D eigenvalue weighted by Crippen LogP contribution is 2.37. The number of rotatable bonds is 4. The Labute approximate surface area is 131 Å². The monoisotopic (exact) mass is 307 g/mol. The standard InChI is InChI=1S/C16H25N3O3/c1-18-13(6-9-17-18)4-5-15(20)19-10-8-16(7-3-11-22-16)14(12-19)21-2/h6,9,14H,3-5,7-8,10-12H2,1-2H3/t14-,16-/m0/s1. The third kappa shape index (κ3) is 2.90. The number of aromatic nitrogens is 2. The lowest BCUT2D eigenvalue weighted by atomic mass is 9.85. The summed E-state index contributed by atoms with van der Waals surface area (Å²) in [7, 11) is 3.63. The molecule has 0 unspecified atom stereocenters. The van der Waals surface area contributed by atoms with E-state index < -0.39 is 0 Å². The molecule has 2 saturated heterocycles. The zero-order valence-corrected chi connectivity index (χ0v) is 13.5. The summed E-state index contributed by atoms with van der Waals surface area (Å²) in [6, 6.07) is 1.96. The van der Waals surface area contributed by atoms with Gasteiger partial charge >= 0.3 is 0 Å². The maximum absolute atomic E-state index is 12.5. The van der Waals surface area contributed by atoms with Crippen LogP contribution in [-0.4, -0.2) is 59.1 Å². The minimum Gasteiger partial charge on any atom is -0.377 e. The molecule has 0 aromatic carbocycles. The fourth-order valence-corrected chi connectivity index (χ4v) is 3.67. The smallest absolute Gasteiger partial charge is 0.223 e. The number of ether oxygens (including phenoxy) is 2. The van der Waals surface area contributed by atoms with Crippen molar-refractivity contribution in [1.29, 1.82) is 0 Å². The molecule has 6 heteroatoms. The fraction of sp³-hybridized carbons (Fsp3) is 0.750. The lowest BCUT2D eigenvalue weighted by Gasteiger charge is -2.44. The molecule has 0 saturated carbocycles. The Balaban J connectivity index is 1.56. The summed E-state index contributed by atoms with van der Waals surface area (Å²) in [5.41, 5.74) is 0.928. The molecule has 1 aromatic rings. The molecular weight excluding hydrogens is 282 g/mol. The van der Waals surface area contributed by atoms with Gasteiger partial charge in [0.1, 0.15) is 6.10 Å². The van der Waals surface area contributed by atoms with Crippen LogP contribution >= 0.6 is 0 Å². The van der Waals surface area contributed by atoms with Crippen LogP contribution in [0.1, 0.15) is 31.4 Å². The molecule has 0 aliphatic carbocycles. The maximum Gasteiger partial charge on any atom is 0.223 e. The molecule has 1 amide bonds. The number of piperidine rings is 1. The number of likely N-dealkylation sites (tertiary alicyclic amines) is 1. The number of carbonyl (C=O) groups excluding carboxylic acids is 1. The van der Waals surface area contributed by atoms with Gasteiger partial charge in [0.05, 0.1) is 5.60 Å². The Kier molecular flexibility index (Phi) is 4.49. The van der Waals surface area contributed by atoms with E-state index in [1.807, 2.05) is 22.7 Å². The van der Waals surface area contributed by atoms with Gasteiger partial charge < -0.3 is 14.4 Å². The van der Waals surface area contributed by atoms with Crippen molar-refractivity contribution in [3.8, 4) is 0 Å². The third-order valence-corrected chi connectivity index (χ3v) is 5.07. The molecule has 0 radical (unpaired) electrons. The lowest BCUT2D eigenvalue weighted by Crippen LogP contribution is -2.57. The molecule has 3 heterocycles. The lowest BCUT2D eigenvalue weighted by molar-refractivity contribution is -0.158. The first-order chi connectivity index (χ1) is 10.6. The first-order valence-electron chi connectivity index (χ1n) is 8.06. The van der Waals surface area contributed by atoms with Crippen molar-refractivity contribution in [3.63, 3.8) is 0 Å². The van der Waals surface area contributed by atoms with Crippen LogP contribution in [0.3, 0.4) is 0 Å². The van der Waals surface area contributed by atoms with Crippen LogP contribution in [0, 0.1) is 0 Å². The van der Waals surface area contributed by atoms with E-state index in [1.165, 1.54) is 0 Å². The number of amides is 1. The fourth-order valence-electron chi connectivity index (χ4n) is 3.67. The Hall–Kier alpha value is -1.40. The number of aryl methyl sites for hydroxylation is 2. The van der Waals surface area contributed by atoms with Gasteiger partial charge in [-0.3, -0.25) is 9.48 Å². The summed E-state index contributed by atoms with van der Waals surface area (Å²) < 4.78 is 13.4. The van der Waals surface area contributed by atoms with Crippen LogP contribution < -0.4 is 0 Å². The second-order valence-electron chi connectivity index (χ2n) is 6.28. The van der Waals surface area contributed by atoms with Crippen LogP contribution in [-0.2, 0) is 27.7 Å². The Morgan fingerprint density at radius 1 is 1.55 bits per heavy atom. The molecule has 0 N–H and O–H groups in total. The van der Waals surface area contributed by atoms with E-state index in [2.05, 4.69) is 5.10 Å². The van der Waals surface area contributed by atoms with Gasteiger partial charge in [-0.1, -0.05) is 0 Å². The van der Waals surface area contributed by atoms with Gasteiger partial charge in [-0.15, -0.1) is 0 Å². The van der Waals surface area contributed by atoms with Crippen molar-refractivity contribution in [2.75, 3.05) is 26.8 Å². The summed E-state index contributed by atoms with van der Waals surface area (Å²) in [6.45, 7) is 2.22. The second kappa shape index (κ2) is 6.38. The first kappa shape index (κ1) is 15.5. The summed E-state index contributed by atoms with van der Waals surface area (Å²) in [6.07, 6.45) is 6.02. The molecular formula is C16H25N3O3. The topological polar surface area (TPSA) is 56.6 Å². The molecule has 22 heavy (non-hydrogen) atoms. The highest BCUT2D eigenvalue weighted by Gasteiger charge is 2.47. The number of methoxy groups -OCH3 is 1. The van der Waals surface area contributed by atoms with Gasteiger partial charge in [-0.2, -0.15) is 5.10 Å². The maximum atomic E-state index is 12.5. The molecule has 1 aromatic heterocycles. The number of hydrogen-bond donors (Lipinski definition) is 0. The van der Waals surface area contributed by atoms with Crippen molar-refractivity contribution in [2.24, 2.45) is 7.05 Å². The van der Waals surface area contributed by atoms with Crippen LogP contribution in [0.4, 0.5) is 0 Å². The number of hydrogen-bond acceptors (Lipinski definition) is 4. The molecule has 2 atom stereocenters. The van der Waals surface area contributed by atoms with Crippen LogP contribution in [0.15, 0.2) is 12.3 Å². The van der Waals surface area contributed by atoms with Crippen molar-refractivity contribution in [3.05, 3.63) is 18.0 Å². The van der Waals surface area contributed by atoms with Crippen molar-refractivity contribution < 1.29 is 14.3 Å². The predicted octanol–water partition coefficient (Wildman–Crippen LogP) is 1.15. The predicted molar refractivity (Wildman–Crippen MR) is 81.4 cm³/mol. The second-order valence-corrected chi connectivity index (χ2v) is 6.28. The highest BCUT2D eigenvalue weighted by atomic mass is 16.5. The van der Waals surface area contributed by atoms with Crippen molar-refractivity contribution >= 4 is 5.91 Å². The molecule has 1 spiro atoms. The SMILES string of the molecule is CO[C@H]1CN(C(=O)CCc2ccnn2C)CC[C@@]12CCCO2. The largest absolute Gasteiger partial charge is 0.377 e. The van der Waals surface area contributed by atoms with Gasteiger partial charge in [0.15, 0.2) is 0 Å². The first-order valence-corrected chi connectivity index (χ1v) is 8.06. The van der Waals surface area contributed by atoms with E-state index in [4.69, 9.17) is 9.47 Å². The number of carbonyl (C=O) groups is 1. The molecule has 2 aliphatic heterocycles. The molecule has 6 nitrogen and oxygen atoms in total. The van der Waals surface area contributed by atoms with E-state index in [1.54, 1.807) is 13.3 Å². The van der Waals surface area contributed by atoms with Gasteiger partial charge in [-0.05, 0) is 31.7 Å². The normalized spacial score (nSPS) is 28.5. The average molecular weight is 307 g/mol. The molecule has 3 rings (SSSR count). The van der Waals surface area contributed by atoms with E-state index in [0.717, 1.165) is 44.5 Å². The van der Waals surface area contributed by atoms with Crippen molar-refractivity contribution in [1.82, 2.24) is 14.7 Å². The van der Waals surface area contributed by atoms with Crippen molar-refractivity contribution in [2.45, 2.75) is 43.8 Å². The van der Waals surface area contributed by atoms with E-state index >= 15 is 0 Å². The quantitative estimate of drug-likeness (QED) is 0.837. The zero-order valence-electron chi connectivity index (χ0n) is 13.5. The van der Waals surface area contributed by atoms with Crippen LogP contribution in [0.2, 0.25) is 0 Å². The molecule has 0 bridgehead atoms. The highest BCUT2D eigenvalue weighted by molar-refractivity contribution is 5.76. The average Bonchev–Trinajstić information content (AvgIpc) is 3.15. The zero-order chi connectivity index (χ0) is 15.6. The molecule has 2 aliphatic rings. The van der Waals surface area contributed by atoms with E-state index in [0.29, 0.717) is 13.0 Å². The Bertz CT molecular complexity index is 522. The van der Waals surface area contributed by atoms with Gasteiger partial charge in [0.2, 0.25) is 5.91 Å². The van der Waals surface area contributed by atoms with E-state index in [-0.39, 0.29) is 17.6 Å². The number of nitrogens with zero attached hydrogens (tertiary/aromatic N) is 3. The Morgan fingerprint density at radius 3 is 3.05 bits per heavy atom. The van der Waals surface area contributed by atoms with Crippen LogP contribution in [0.25, 0.3) is 0 Å². The van der Waals surface area contributed by atoms with E-state index in [9.17, 15) is 4.79 Å². The van der Waals surface area contributed by atoms with Crippen LogP contribution in [0.5, 0.6) is 0 Å². The molecule has 122 valence electrons. The minimum atomic E-state index is -0.159.